The Hall–Kier alpha value is -2.60. The smallest absolute Gasteiger partial charge is 0.247 e. The molecule has 6 nitrogen and oxygen atoms in total. The third-order valence-electron chi connectivity index (χ3n) is 3.99. The Bertz CT molecular complexity index is 779. The summed E-state index contributed by atoms with van der Waals surface area (Å²) in [4.78, 5) is 30.0. The number of carbonyl (C=O) groups excluding carboxylic acids is 2. The van der Waals surface area contributed by atoms with Crippen molar-refractivity contribution < 1.29 is 9.59 Å². The molecule has 1 saturated heterocycles. The molecule has 130 valence electrons. The number of pyridine rings is 1. The lowest BCUT2D eigenvalue weighted by molar-refractivity contribution is -0.117. The SMILES string of the molecule is C[C@@H](Nc1cccc(N2CCCC2=O)c1)C(=O)Nc1ccc(Cl)cn1. The fourth-order valence-electron chi connectivity index (χ4n) is 2.68. The lowest BCUT2D eigenvalue weighted by Crippen LogP contribution is -2.32. The van der Waals surface area contributed by atoms with Crippen LogP contribution >= 0.6 is 11.6 Å². The molecule has 7 heteroatoms. The number of hydrogen-bond acceptors (Lipinski definition) is 4. The zero-order valence-electron chi connectivity index (χ0n) is 13.8. The normalized spacial score (nSPS) is 15.1. The lowest BCUT2D eigenvalue weighted by Gasteiger charge is -2.19. The van der Waals surface area contributed by atoms with Crippen LogP contribution < -0.4 is 15.5 Å². The predicted octanol–water partition coefficient (Wildman–Crippen LogP) is 3.30. The maximum atomic E-state index is 12.3. The lowest BCUT2D eigenvalue weighted by atomic mass is 10.2. The monoisotopic (exact) mass is 358 g/mol. The molecule has 25 heavy (non-hydrogen) atoms. The van der Waals surface area contributed by atoms with E-state index in [0.717, 1.165) is 24.3 Å². The highest BCUT2D eigenvalue weighted by molar-refractivity contribution is 6.30. The number of nitrogens with one attached hydrogen (secondary N) is 2. The van der Waals surface area contributed by atoms with Gasteiger partial charge >= 0.3 is 0 Å². The van der Waals surface area contributed by atoms with Crippen LogP contribution in [0.2, 0.25) is 5.02 Å². The van der Waals surface area contributed by atoms with Gasteiger partial charge in [-0.1, -0.05) is 17.7 Å². The number of anilines is 3. The minimum atomic E-state index is -0.470. The van der Waals surface area contributed by atoms with Gasteiger partial charge in [0.2, 0.25) is 11.8 Å². The zero-order chi connectivity index (χ0) is 17.8. The van der Waals surface area contributed by atoms with Gasteiger partial charge in [-0.15, -0.1) is 0 Å². The number of benzene rings is 1. The Labute approximate surface area is 151 Å². The van der Waals surface area contributed by atoms with E-state index < -0.39 is 6.04 Å². The van der Waals surface area contributed by atoms with Crippen LogP contribution in [0.4, 0.5) is 17.2 Å². The number of nitrogens with zero attached hydrogens (tertiary/aromatic N) is 2. The first-order valence-electron chi connectivity index (χ1n) is 8.12. The second-order valence-electron chi connectivity index (χ2n) is 5.92. The molecular weight excluding hydrogens is 340 g/mol. The minimum absolute atomic E-state index is 0.136. The summed E-state index contributed by atoms with van der Waals surface area (Å²) in [5.74, 6) is 0.369. The van der Waals surface area contributed by atoms with Crippen LogP contribution in [0.5, 0.6) is 0 Å². The van der Waals surface area contributed by atoms with E-state index in [9.17, 15) is 9.59 Å². The van der Waals surface area contributed by atoms with Crippen LogP contribution in [0.25, 0.3) is 0 Å². The zero-order valence-corrected chi connectivity index (χ0v) is 14.6. The van der Waals surface area contributed by atoms with E-state index in [4.69, 9.17) is 11.6 Å². The summed E-state index contributed by atoms with van der Waals surface area (Å²) in [5.41, 5.74) is 1.63. The fourth-order valence-corrected chi connectivity index (χ4v) is 2.80. The predicted molar refractivity (Wildman–Crippen MR) is 99.0 cm³/mol. The number of amides is 2. The molecule has 0 radical (unpaired) electrons. The van der Waals surface area contributed by atoms with Crippen molar-refractivity contribution in [2.45, 2.75) is 25.8 Å². The van der Waals surface area contributed by atoms with E-state index in [1.807, 2.05) is 24.3 Å². The summed E-state index contributed by atoms with van der Waals surface area (Å²) in [6, 6.07) is 10.4. The summed E-state index contributed by atoms with van der Waals surface area (Å²) in [6.07, 6.45) is 2.94. The average molecular weight is 359 g/mol. The van der Waals surface area contributed by atoms with Gasteiger partial charge in [0.15, 0.2) is 0 Å². The topological polar surface area (TPSA) is 74.3 Å². The van der Waals surface area contributed by atoms with Gasteiger partial charge < -0.3 is 15.5 Å². The number of carbonyl (C=O) groups is 2. The molecule has 2 N–H and O–H groups in total. The summed E-state index contributed by atoms with van der Waals surface area (Å²) < 4.78 is 0. The number of rotatable bonds is 5. The maximum Gasteiger partial charge on any atom is 0.247 e. The van der Waals surface area contributed by atoms with Crippen LogP contribution in [0.3, 0.4) is 0 Å². The van der Waals surface area contributed by atoms with Gasteiger partial charge in [0.05, 0.1) is 5.02 Å². The van der Waals surface area contributed by atoms with Gasteiger partial charge in [0.25, 0.3) is 0 Å². The molecule has 0 unspecified atom stereocenters. The van der Waals surface area contributed by atoms with Gasteiger partial charge in [-0.2, -0.15) is 0 Å². The summed E-state index contributed by atoms with van der Waals surface area (Å²) in [5, 5.41) is 6.39. The largest absolute Gasteiger partial charge is 0.374 e. The molecule has 0 bridgehead atoms. The van der Waals surface area contributed by atoms with Crippen molar-refractivity contribution in [3.05, 3.63) is 47.6 Å². The summed E-state index contributed by atoms with van der Waals surface area (Å²) in [7, 11) is 0. The number of aromatic nitrogens is 1. The van der Waals surface area contributed by atoms with Crippen LogP contribution in [0.15, 0.2) is 42.6 Å². The molecule has 2 amide bonds. The Kier molecular flexibility index (Phi) is 5.19. The van der Waals surface area contributed by atoms with Crippen molar-refractivity contribution in [1.29, 1.82) is 0 Å². The van der Waals surface area contributed by atoms with Gasteiger partial charge in [0.1, 0.15) is 11.9 Å². The molecule has 1 aliphatic rings. The molecule has 0 saturated carbocycles. The standard InChI is InChI=1S/C18H19ClN4O2/c1-12(18(25)22-16-8-7-13(19)11-20-16)21-14-4-2-5-15(10-14)23-9-3-6-17(23)24/h2,4-5,7-8,10-12,21H,3,6,9H2,1H3,(H,20,22,25)/t12-/m1/s1. The van der Waals surface area contributed by atoms with E-state index in [1.54, 1.807) is 24.0 Å². The van der Waals surface area contributed by atoms with Crippen molar-refractivity contribution >= 4 is 40.6 Å². The molecule has 1 aliphatic heterocycles. The van der Waals surface area contributed by atoms with E-state index in [2.05, 4.69) is 15.6 Å². The van der Waals surface area contributed by atoms with Gasteiger partial charge in [0, 0.05) is 30.5 Å². The Balaban J connectivity index is 1.64. The van der Waals surface area contributed by atoms with E-state index >= 15 is 0 Å². The van der Waals surface area contributed by atoms with E-state index in [1.165, 1.54) is 6.20 Å². The molecule has 1 aromatic carbocycles. The second-order valence-corrected chi connectivity index (χ2v) is 6.35. The van der Waals surface area contributed by atoms with Crippen LogP contribution in [0.1, 0.15) is 19.8 Å². The highest BCUT2D eigenvalue weighted by atomic mass is 35.5. The molecule has 2 heterocycles. The third-order valence-corrected chi connectivity index (χ3v) is 4.21. The first-order valence-corrected chi connectivity index (χ1v) is 8.50. The Morgan fingerprint density at radius 2 is 2.16 bits per heavy atom. The highest BCUT2D eigenvalue weighted by Gasteiger charge is 2.22. The highest BCUT2D eigenvalue weighted by Crippen LogP contribution is 2.24. The molecule has 1 fully saturated rings. The molecule has 2 aromatic rings. The molecular formula is C18H19ClN4O2. The average Bonchev–Trinajstić information content (AvgIpc) is 3.03. The molecule has 1 aromatic heterocycles. The van der Waals surface area contributed by atoms with Crippen LogP contribution in [-0.4, -0.2) is 29.4 Å². The number of halogens is 1. The molecule has 0 spiro atoms. The van der Waals surface area contributed by atoms with E-state index in [0.29, 0.717) is 17.3 Å². The van der Waals surface area contributed by atoms with Crippen molar-refractivity contribution in [2.75, 3.05) is 22.1 Å². The van der Waals surface area contributed by atoms with E-state index in [-0.39, 0.29) is 11.8 Å². The number of hydrogen-bond donors (Lipinski definition) is 2. The van der Waals surface area contributed by atoms with Gasteiger partial charge in [-0.05, 0) is 43.7 Å². The first kappa shape index (κ1) is 17.2. The first-order chi connectivity index (χ1) is 12.0. The van der Waals surface area contributed by atoms with Gasteiger partial charge in [-0.3, -0.25) is 9.59 Å². The molecule has 3 rings (SSSR count). The van der Waals surface area contributed by atoms with Crippen molar-refractivity contribution in [1.82, 2.24) is 4.98 Å². The minimum Gasteiger partial charge on any atom is -0.374 e. The van der Waals surface area contributed by atoms with Crippen LogP contribution in [-0.2, 0) is 9.59 Å². The van der Waals surface area contributed by atoms with Crippen molar-refractivity contribution in [3.8, 4) is 0 Å². The van der Waals surface area contributed by atoms with Crippen LogP contribution in [0, 0.1) is 0 Å². The Morgan fingerprint density at radius 3 is 2.84 bits per heavy atom. The second kappa shape index (κ2) is 7.53. The van der Waals surface area contributed by atoms with Crippen molar-refractivity contribution in [2.24, 2.45) is 0 Å². The quantitative estimate of drug-likeness (QED) is 0.860. The summed E-state index contributed by atoms with van der Waals surface area (Å²) >= 11 is 5.78. The molecule has 0 aliphatic carbocycles. The van der Waals surface area contributed by atoms with Crippen molar-refractivity contribution in [3.63, 3.8) is 0 Å². The third kappa shape index (κ3) is 4.28. The van der Waals surface area contributed by atoms with Gasteiger partial charge in [-0.25, -0.2) is 4.98 Å². The fraction of sp³-hybridized carbons (Fsp3) is 0.278. The molecule has 1 atom stereocenters. The summed E-state index contributed by atoms with van der Waals surface area (Å²) in [6.45, 7) is 2.50. The maximum absolute atomic E-state index is 12.3. The Morgan fingerprint density at radius 1 is 1.32 bits per heavy atom.